The number of hydrogen-bond acceptors (Lipinski definition) is 3. The summed E-state index contributed by atoms with van der Waals surface area (Å²) in [4.78, 5) is 7.18. The van der Waals surface area contributed by atoms with Crippen molar-refractivity contribution in [3.8, 4) is 5.75 Å². The maximum absolute atomic E-state index is 9.84. The molecule has 0 spiro atoms. The molecule has 1 aromatic carbocycles. The van der Waals surface area contributed by atoms with Crippen molar-refractivity contribution >= 4 is 29.9 Å². The summed E-state index contributed by atoms with van der Waals surface area (Å²) in [5.74, 6) is 1.86. The van der Waals surface area contributed by atoms with Crippen LogP contribution in [0.15, 0.2) is 29.3 Å². The fraction of sp³-hybridized carbons (Fsp3) is 0.650. The summed E-state index contributed by atoms with van der Waals surface area (Å²) in [5, 5.41) is 13.2. The van der Waals surface area contributed by atoms with Gasteiger partial charge in [0, 0.05) is 25.0 Å². The second-order valence-electron chi connectivity index (χ2n) is 7.28. The van der Waals surface area contributed by atoms with Gasteiger partial charge in [0.2, 0.25) is 0 Å². The molecule has 1 aromatic rings. The molecule has 1 aliphatic carbocycles. The van der Waals surface area contributed by atoms with Crippen LogP contribution >= 0.6 is 24.0 Å². The fourth-order valence-electron chi connectivity index (χ4n) is 4.13. The predicted molar refractivity (Wildman–Crippen MR) is 117 cm³/mol. The third kappa shape index (κ3) is 4.82. The molecule has 2 N–H and O–H groups in total. The van der Waals surface area contributed by atoms with E-state index in [1.807, 2.05) is 6.07 Å². The molecule has 1 saturated heterocycles. The van der Waals surface area contributed by atoms with Crippen LogP contribution in [-0.4, -0.2) is 55.4 Å². The van der Waals surface area contributed by atoms with Crippen LogP contribution in [0.4, 0.5) is 0 Å². The highest BCUT2D eigenvalue weighted by Crippen LogP contribution is 2.42. The Morgan fingerprint density at radius 2 is 2.15 bits per heavy atom. The quantitative estimate of drug-likeness (QED) is 0.392. The lowest BCUT2D eigenvalue weighted by Crippen LogP contribution is -2.41. The van der Waals surface area contributed by atoms with Crippen molar-refractivity contribution in [2.24, 2.45) is 4.99 Å². The summed E-state index contributed by atoms with van der Waals surface area (Å²) < 4.78 is 5.43. The number of aliphatic hydroxyl groups is 1. The second kappa shape index (κ2) is 9.78. The zero-order chi connectivity index (χ0) is 17.7. The number of aliphatic imine (C=N–C) groups is 1. The van der Waals surface area contributed by atoms with Crippen LogP contribution in [0.2, 0.25) is 0 Å². The monoisotopic (exact) mass is 473 g/mol. The minimum atomic E-state index is -0.234. The van der Waals surface area contributed by atoms with Gasteiger partial charge in [-0.25, -0.2) is 0 Å². The highest BCUT2D eigenvalue weighted by Gasteiger charge is 2.36. The van der Waals surface area contributed by atoms with Crippen molar-refractivity contribution in [3.05, 3.63) is 29.8 Å². The van der Waals surface area contributed by atoms with Gasteiger partial charge in [0.05, 0.1) is 19.8 Å². The number of nitrogens with zero attached hydrogens (tertiary/aromatic N) is 2. The zero-order valence-electron chi connectivity index (χ0n) is 15.9. The molecule has 1 atom stereocenters. The molecule has 6 heteroatoms. The van der Waals surface area contributed by atoms with E-state index in [2.05, 4.69) is 35.3 Å². The largest absolute Gasteiger partial charge is 0.497 e. The van der Waals surface area contributed by atoms with Crippen LogP contribution in [0.1, 0.15) is 44.6 Å². The van der Waals surface area contributed by atoms with Gasteiger partial charge in [0.25, 0.3) is 0 Å². The van der Waals surface area contributed by atoms with Crippen LogP contribution in [-0.2, 0) is 5.41 Å². The van der Waals surface area contributed by atoms with E-state index in [4.69, 9.17) is 9.73 Å². The van der Waals surface area contributed by atoms with E-state index in [9.17, 15) is 5.11 Å². The molecule has 5 nitrogen and oxygen atoms in total. The molecule has 0 unspecified atom stereocenters. The molecular formula is C20H32IN3O2. The normalized spacial score (nSPS) is 22.2. The van der Waals surface area contributed by atoms with Gasteiger partial charge in [0.15, 0.2) is 5.96 Å². The van der Waals surface area contributed by atoms with E-state index < -0.39 is 0 Å². The molecular weight excluding hydrogens is 441 g/mol. The molecule has 0 amide bonds. The summed E-state index contributed by atoms with van der Waals surface area (Å²) in [6, 6.07) is 8.48. The van der Waals surface area contributed by atoms with E-state index in [0.717, 1.165) is 37.8 Å². The third-order valence-corrected chi connectivity index (χ3v) is 5.57. The predicted octanol–water partition coefficient (Wildman–Crippen LogP) is 3.16. The number of ether oxygens (including phenoxy) is 1. The van der Waals surface area contributed by atoms with Gasteiger partial charge >= 0.3 is 0 Å². The Kier molecular flexibility index (Phi) is 8.01. The number of rotatable bonds is 5. The standard InChI is InChI=1S/C20H31N3O2.HI/c1-3-21-19(23-12-9-17(24)14-23)22-15-20(10-4-5-11-20)16-7-6-8-18(13-16)25-2;/h6-8,13,17,24H,3-5,9-12,14-15H2,1-2H3,(H,21,22);1H/t17-;/m1./s1. The van der Waals surface area contributed by atoms with Gasteiger partial charge in [0.1, 0.15) is 5.75 Å². The van der Waals surface area contributed by atoms with Crippen LogP contribution in [0.5, 0.6) is 5.75 Å². The smallest absolute Gasteiger partial charge is 0.194 e. The Hall–Kier alpha value is -1.02. The molecule has 0 bridgehead atoms. The number of β-amino-alcohol motifs (C(OH)–C–C–N with tert-alkyl or cyclic N) is 1. The van der Waals surface area contributed by atoms with Crippen molar-refractivity contribution in [3.63, 3.8) is 0 Å². The zero-order valence-corrected chi connectivity index (χ0v) is 18.2. The highest BCUT2D eigenvalue weighted by molar-refractivity contribution is 14.0. The Morgan fingerprint density at radius 3 is 2.77 bits per heavy atom. The summed E-state index contributed by atoms with van der Waals surface area (Å²) >= 11 is 0. The average molecular weight is 473 g/mol. The van der Waals surface area contributed by atoms with E-state index in [1.165, 1.54) is 31.2 Å². The van der Waals surface area contributed by atoms with E-state index >= 15 is 0 Å². The Balaban J connectivity index is 0.00000243. The van der Waals surface area contributed by atoms with Crippen LogP contribution in [0, 0.1) is 0 Å². The molecule has 1 aliphatic heterocycles. The maximum atomic E-state index is 9.84. The number of nitrogens with one attached hydrogen (secondary N) is 1. The van der Waals surface area contributed by atoms with Crippen molar-refractivity contribution < 1.29 is 9.84 Å². The first-order chi connectivity index (χ1) is 12.2. The molecule has 2 aliphatic rings. The number of guanidine groups is 1. The third-order valence-electron chi connectivity index (χ3n) is 5.57. The number of methoxy groups -OCH3 is 1. The van der Waals surface area contributed by atoms with Gasteiger partial charge in [-0.05, 0) is 43.9 Å². The van der Waals surface area contributed by atoms with Crippen molar-refractivity contribution in [2.45, 2.75) is 50.5 Å². The van der Waals surface area contributed by atoms with Crippen molar-refractivity contribution in [2.75, 3.05) is 33.3 Å². The summed E-state index contributed by atoms with van der Waals surface area (Å²) in [6.45, 7) is 5.28. The summed E-state index contributed by atoms with van der Waals surface area (Å²) in [7, 11) is 1.72. The molecule has 26 heavy (non-hydrogen) atoms. The summed E-state index contributed by atoms with van der Waals surface area (Å²) in [6.07, 6.45) is 5.45. The van der Waals surface area contributed by atoms with Crippen LogP contribution < -0.4 is 10.1 Å². The molecule has 2 fully saturated rings. The average Bonchev–Trinajstić information content (AvgIpc) is 3.28. The second-order valence-corrected chi connectivity index (χ2v) is 7.28. The minimum Gasteiger partial charge on any atom is -0.497 e. The highest BCUT2D eigenvalue weighted by atomic mass is 127. The molecule has 1 saturated carbocycles. The van der Waals surface area contributed by atoms with Crippen LogP contribution in [0.25, 0.3) is 0 Å². The van der Waals surface area contributed by atoms with Crippen LogP contribution in [0.3, 0.4) is 0 Å². The molecule has 1 heterocycles. The van der Waals surface area contributed by atoms with E-state index in [1.54, 1.807) is 7.11 Å². The lowest BCUT2D eigenvalue weighted by molar-refractivity contribution is 0.187. The van der Waals surface area contributed by atoms with Gasteiger partial charge in [-0.3, -0.25) is 4.99 Å². The van der Waals surface area contributed by atoms with Gasteiger partial charge in [-0.2, -0.15) is 0 Å². The fourth-order valence-corrected chi connectivity index (χ4v) is 4.13. The number of likely N-dealkylation sites (tertiary alicyclic amines) is 1. The molecule has 146 valence electrons. The first-order valence-corrected chi connectivity index (χ1v) is 9.53. The van der Waals surface area contributed by atoms with Crippen molar-refractivity contribution in [1.29, 1.82) is 0 Å². The number of hydrogen-bond donors (Lipinski definition) is 2. The molecule has 0 radical (unpaired) electrons. The molecule has 3 rings (SSSR count). The maximum Gasteiger partial charge on any atom is 0.194 e. The van der Waals surface area contributed by atoms with E-state index in [-0.39, 0.29) is 35.5 Å². The first-order valence-electron chi connectivity index (χ1n) is 9.53. The topological polar surface area (TPSA) is 57.1 Å². The van der Waals surface area contributed by atoms with Crippen molar-refractivity contribution in [1.82, 2.24) is 10.2 Å². The number of halogens is 1. The van der Waals surface area contributed by atoms with Gasteiger partial charge in [-0.15, -0.1) is 24.0 Å². The van der Waals surface area contributed by atoms with Gasteiger partial charge < -0.3 is 20.1 Å². The Bertz CT molecular complexity index is 602. The summed E-state index contributed by atoms with van der Waals surface area (Å²) in [5.41, 5.74) is 1.44. The molecule has 0 aromatic heterocycles. The number of aliphatic hydroxyl groups excluding tert-OH is 1. The first kappa shape index (κ1) is 21.3. The van der Waals surface area contributed by atoms with E-state index in [0.29, 0.717) is 6.54 Å². The minimum absolute atomic E-state index is 0. The lowest BCUT2D eigenvalue weighted by Gasteiger charge is -2.30. The van der Waals surface area contributed by atoms with Gasteiger partial charge in [-0.1, -0.05) is 25.0 Å². The number of benzene rings is 1. The Morgan fingerprint density at radius 1 is 1.38 bits per heavy atom. The Labute approximate surface area is 174 Å². The SMILES string of the molecule is CCNC(=NCC1(c2cccc(OC)c2)CCCC1)N1CC[C@@H](O)C1.I. The lowest BCUT2D eigenvalue weighted by atomic mass is 9.79.